The Kier molecular flexibility index (Phi) is 3.22. The van der Waals surface area contributed by atoms with Crippen LogP contribution in [-0.4, -0.2) is 28.0 Å². The monoisotopic (exact) mass is 169 g/mol. The summed E-state index contributed by atoms with van der Waals surface area (Å²) in [4.78, 5) is 0. The summed E-state index contributed by atoms with van der Waals surface area (Å²) in [5.74, 6) is 1.01. The summed E-state index contributed by atoms with van der Waals surface area (Å²) in [5.41, 5.74) is 0. The second kappa shape index (κ2) is 4.21. The van der Waals surface area contributed by atoms with Crippen molar-refractivity contribution in [2.75, 3.05) is 7.11 Å². The Morgan fingerprint density at radius 1 is 1.67 bits per heavy atom. The van der Waals surface area contributed by atoms with Gasteiger partial charge in [-0.15, -0.1) is 10.2 Å². The largest absolute Gasteiger partial charge is 0.382 e. The second-order valence-corrected chi connectivity index (χ2v) is 2.94. The third kappa shape index (κ3) is 2.30. The van der Waals surface area contributed by atoms with Gasteiger partial charge in [0, 0.05) is 20.6 Å². The summed E-state index contributed by atoms with van der Waals surface area (Å²) in [6.07, 6.45) is 3.92. The number of aromatic nitrogens is 3. The topological polar surface area (TPSA) is 39.9 Å². The van der Waals surface area contributed by atoms with E-state index in [2.05, 4.69) is 17.1 Å². The fourth-order valence-electron chi connectivity index (χ4n) is 0.984. The number of hydrogen-bond donors (Lipinski definition) is 0. The van der Waals surface area contributed by atoms with Gasteiger partial charge in [-0.3, -0.25) is 0 Å². The Morgan fingerprint density at radius 2 is 2.42 bits per heavy atom. The van der Waals surface area contributed by atoms with Gasteiger partial charge in [0.2, 0.25) is 0 Å². The zero-order valence-corrected chi connectivity index (χ0v) is 7.82. The van der Waals surface area contributed by atoms with E-state index >= 15 is 0 Å². The van der Waals surface area contributed by atoms with Crippen LogP contribution in [0.1, 0.15) is 19.2 Å². The summed E-state index contributed by atoms with van der Waals surface area (Å²) < 4.78 is 7.06. The Labute approximate surface area is 72.6 Å². The zero-order valence-electron chi connectivity index (χ0n) is 7.82. The molecule has 0 fully saturated rings. The van der Waals surface area contributed by atoms with Crippen LogP contribution in [0.15, 0.2) is 6.33 Å². The van der Waals surface area contributed by atoms with Gasteiger partial charge in [0.1, 0.15) is 12.2 Å². The molecule has 0 radical (unpaired) electrons. The molecule has 1 unspecified atom stereocenters. The van der Waals surface area contributed by atoms with E-state index in [9.17, 15) is 0 Å². The van der Waals surface area contributed by atoms with Gasteiger partial charge in [0.05, 0.1) is 6.10 Å². The normalized spacial score (nSPS) is 13.2. The molecule has 0 spiro atoms. The van der Waals surface area contributed by atoms with Crippen molar-refractivity contribution in [3.8, 4) is 0 Å². The molecule has 0 aromatic carbocycles. The Balaban J connectivity index is 2.38. The van der Waals surface area contributed by atoms with Gasteiger partial charge < -0.3 is 9.30 Å². The fourth-order valence-corrected chi connectivity index (χ4v) is 0.984. The number of aryl methyl sites for hydroxylation is 2. The predicted octanol–water partition coefficient (Wildman–Crippen LogP) is 0.783. The first-order chi connectivity index (χ1) is 5.74. The first-order valence-corrected chi connectivity index (χ1v) is 4.09. The third-order valence-corrected chi connectivity index (χ3v) is 1.98. The molecule has 0 saturated carbocycles. The van der Waals surface area contributed by atoms with Crippen LogP contribution in [0.3, 0.4) is 0 Å². The number of methoxy groups -OCH3 is 1. The van der Waals surface area contributed by atoms with E-state index in [1.165, 1.54) is 0 Å². The molecule has 12 heavy (non-hydrogen) atoms. The maximum Gasteiger partial charge on any atom is 0.132 e. The summed E-state index contributed by atoms with van der Waals surface area (Å²) >= 11 is 0. The third-order valence-electron chi connectivity index (χ3n) is 1.98. The van der Waals surface area contributed by atoms with Gasteiger partial charge in [0.15, 0.2) is 0 Å². The van der Waals surface area contributed by atoms with E-state index in [1.54, 1.807) is 13.4 Å². The lowest BCUT2D eigenvalue weighted by Gasteiger charge is -2.07. The van der Waals surface area contributed by atoms with Crippen molar-refractivity contribution in [2.24, 2.45) is 7.05 Å². The van der Waals surface area contributed by atoms with E-state index in [1.807, 2.05) is 11.6 Å². The Bertz CT molecular complexity index is 234. The lowest BCUT2D eigenvalue weighted by molar-refractivity contribution is 0.110. The smallest absolute Gasteiger partial charge is 0.132 e. The van der Waals surface area contributed by atoms with Crippen LogP contribution in [0.2, 0.25) is 0 Å². The molecule has 4 nitrogen and oxygen atoms in total. The molecule has 0 aliphatic carbocycles. The summed E-state index contributed by atoms with van der Waals surface area (Å²) in [7, 11) is 3.67. The van der Waals surface area contributed by atoms with Gasteiger partial charge in [-0.2, -0.15) is 0 Å². The fraction of sp³-hybridized carbons (Fsp3) is 0.750. The van der Waals surface area contributed by atoms with Crippen LogP contribution in [0.4, 0.5) is 0 Å². The maximum absolute atomic E-state index is 5.13. The highest BCUT2D eigenvalue weighted by molar-refractivity contribution is 4.84. The quantitative estimate of drug-likeness (QED) is 0.668. The maximum atomic E-state index is 5.13. The average Bonchev–Trinajstić information content (AvgIpc) is 2.47. The number of nitrogens with zero attached hydrogens (tertiary/aromatic N) is 3. The number of ether oxygens (including phenoxy) is 1. The summed E-state index contributed by atoms with van der Waals surface area (Å²) in [5, 5.41) is 7.78. The highest BCUT2D eigenvalue weighted by Crippen LogP contribution is 2.02. The van der Waals surface area contributed by atoms with E-state index in [4.69, 9.17) is 4.74 Å². The molecule has 0 saturated heterocycles. The molecule has 0 amide bonds. The van der Waals surface area contributed by atoms with Crippen molar-refractivity contribution >= 4 is 0 Å². The van der Waals surface area contributed by atoms with E-state index in [0.29, 0.717) is 6.10 Å². The van der Waals surface area contributed by atoms with Gasteiger partial charge in [-0.25, -0.2) is 0 Å². The van der Waals surface area contributed by atoms with Crippen LogP contribution in [0.5, 0.6) is 0 Å². The highest BCUT2D eigenvalue weighted by atomic mass is 16.5. The molecule has 1 aromatic heterocycles. The molecule has 0 aliphatic rings. The minimum absolute atomic E-state index is 0.293. The summed E-state index contributed by atoms with van der Waals surface area (Å²) in [6.45, 7) is 2.05. The van der Waals surface area contributed by atoms with Crippen molar-refractivity contribution in [3.05, 3.63) is 12.2 Å². The molecule has 0 aliphatic heterocycles. The molecule has 0 bridgehead atoms. The molecule has 1 rings (SSSR count). The molecular formula is C8H15N3O. The van der Waals surface area contributed by atoms with Crippen LogP contribution < -0.4 is 0 Å². The number of rotatable bonds is 4. The SMILES string of the molecule is COC(C)CCc1nncn1C. The van der Waals surface area contributed by atoms with E-state index < -0.39 is 0 Å². The van der Waals surface area contributed by atoms with Crippen LogP contribution >= 0.6 is 0 Å². The predicted molar refractivity (Wildman–Crippen MR) is 45.8 cm³/mol. The van der Waals surface area contributed by atoms with Gasteiger partial charge in [-0.1, -0.05) is 0 Å². The molecular weight excluding hydrogens is 154 g/mol. The molecule has 1 aromatic rings. The van der Waals surface area contributed by atoms with Gasteiger partial charge in [0.25, 0.3) is 0 Å². The average molecular weight is 169 g/mol. The van der Waals surface area contributed by atoms with E-state index in [0.717, 1.165) is 18.7 Å². The van der Waals surface area contributed by atoms with Gasteiger partial charge in [-0.05, 0) is 13.3 Å². The Hall–Kier alpha value is -0.900. The zero-order chi connectivity index (χ0) is 8.97. The molecule has 68 valence electrons. The van der Waals surface area contributed by atoms with Crippen LogP contribution in [-0.2, 0) is 18.2 Å². The molecule has 0 N–H and O–H groups in total. The minimum atomic E-state index is 0.293. The Morgan fingerprint density at radius 3 is 2.92 bits per heavy atom. The van der Waals surface area contributed by atoms with Crippen LogP contribution in [0, 0.1) is 0 Å². The first kappa shape index (κ1) is 9.19. The van der Waals surface area contributed by atoms with Crippen LogP contribution in [0.25, 0.3) is 0 Å². The molecule has 4 heteroatoms. The summed E-state index contributed by atoms with van der Waals surface area (Å²) in [6, 6.07) is 0. The lowest BCUT2D eigenvalue weighted by Crippen LogP contribution is -2.08. The molecule has 1 heterocycles. The standard InChI is InChI=1S/C8H15N3O/c1-7(12-3)4-5-8-10-9-6-11(8)2/h6-7H,4-5H2,1-3H3. The van der Waals surface area contributed by atoms with E-state index in [-0.39, 0.29) is 0 Å². The second-order valence-electron chi connectivity index (χ2n) is 2.94. The lowest BCUT2D eigenvalue weighted by atomic mass is 10.2. The number of hydrogen-bond acceptors (Lipinski definition) is 3. The highest BCUT2D eigenvalue weighted by Gasteiger charge is 2.03. The molecule has 1 atom stereocenters. The van der Waals surface area contributed by atoms with Crippen molar-refractivity contribution in [1.29, 1.82) is 0 Å². The van der Waals surface area contributed by atoms with Crippen molar-refractivity contribution in [2.45, 2.75) is 25.9 Å². The van der Waals surface area contributed by atoms with Crippen molar-refractivity contribution in [3.63, 3.8) is 0 Å². The van der Waals surface area contributed by atoms with Crippen molar-refractivity contribution < 1.29 is 4.74 Å². The van der Waals surface area contributed by atoms with Crippen molar-refractivity contribution in [1.82, 2.24) is 14.8 Å². The first-order valence-electron chi connectivity index (χ1n) is 4.09. The van der Waals surface area contributed by atoms with Gasteiger partial charge >= 0.3 is 0 Å². The minimum Gasteiger partial charge on any atom is -0.382 e.